The fourth-order valence-corrected chi connectivity index (χ4v) is 8.17. The molecule has 1 heterocycles. The van der Waals surface area contributed by atoms with Gasteiger partial charge in [0.25, 0.3) is 0 Å². The van der Waals surface area contributed by atoms with Gasteiger partial charge in [-0.25, -0.2) is 0 Å². The van der Waals surface area contributed by atoms with Crippen molar-refractivity contribution in [1.82, 2.24) is 0 Å². The Hall–Kier alpha value is -6.12. The molecule has 0 unspecified atom stereocenters. The summed E-state index contributed by atoms with van der Waals surface area (Å²) in [5.41, 5.74) is 12.6. The van der Waals surface area contributed by atoms with Gasteiger partial charge in [-0.2, -0.15) is 0 Å². The molecule has 0 aliphatic heterocycles. The summed E-state index contributed by atoms with van der Waals surface area (Å²) in [6.07, 6.45) is 0. The van der Waals surface area contributed by atoms with Crippen LogP contribution in [0.5, 0.6) is 0 Å². The highest BCUT2D eigenvalue weighted by atomic mass is 16.3. The third-order valence-electron chi connectivity index (χ3n) is 10.6. The molecule has 0 radical (unpaired) electrons. The molecular weight excluding hydrogens is 595 g/mol. The van der Waals surface area contributed by atoms with E-state index in [9.17, 15) is 0 Å². The van der Waals surface area contributed by atoms with Gasteiger partial charge in [0.05, 0.1) is 5.69 Å². The van der Waals surface area contributed by atoms with Crippen LogP contribution in [0.2, 0.25) is 0 Å². The van der Waals surface area contributed by atoms with Crippen molar-refractivity contribution >= 4 is 60.5 Å². The Kier molecular flexibility index (Phi) is 5.95. The van der Waals surface area contributed by atoms with Crippen molar-refractivity contribution in [1.29, 1.82) is 0 Å². The van der Waals surface area contributed by atoms with Crippen LogP contribution in [0.4, 0.5) is 17.1 Å². The van der Waals surface area contributed by atoms with Crippen molar-refractivity contribution in [2.45, 2.75) is 19.3 Å². The van der Waals surface area contributed by atoms with Crippen LogP contribution >= 0.6 is 0 Å². The lowest BCUT2D eigenvalue weighted by molar-refractivity contribution is 0.660. The molecule has 8 aromatic carbocycles. The van der Waals surface area contributed by atoms with Gasteiger partial charge in [0.2, 0.25) is 0 Å². The second-order valence-corrected chi connectivity index (χ2v) is 13.8. The van der Waals surface area contributed by atoms with Crippen molar-refractivity contribution in [3.05, 3.63) is 175 Å². The summed E-state index contributed by atoms with van der Waals surface area (Å²) in [4.78, 5) is 2.40. The van der Waals surface area contributed by atoms with Gasteiger partial charge >= 0.3 is 0 Å². The topological polar surface area (TPSA) is 16.4 Å². The zero-order chi connectivity index (χ0) is 32.7. The van der Waals surface area contributed by atoms with Crippen LogP contribution in [0, 0.1) is 0 Å². The lowest BCUT2D eigenvalue weighted by Crippen LogP contribution is -2.16. The highest BCUT2D eigenvalue weighted by Crippen LogP contribution is 2.52. The Balaban J connectivity index is 1.25. The third-order valence-corrected chi connectivity index (χ3v) is 10.6. The van der Waals surface area contributed by atoms with E-state index in [1.807, 2.05) is 0 Å². The molecule has 10 rings (SSSR count). The number of benzene rings is 8. The van der Waals surface area contributed by atoms with Crippen LogP contribution in [0.3, 0.4) is 0 Å². The van der Waals surface area contributed by atoms with Crippen molar-refractivity contribution in [3.63, 3.8) is 0 Å². The maximum atomic E-state index is 6.82. The summed E-state index contributed by atoms with van der Waals surface area (Å²) >= 11 is 0. The monoisotopic (exact) mass is 627 g/mol. The van der Waals surface area contributed by atoms with E-state index in [4.69, 9.17) is 4.42 Å². The Morgan fingerprint density at radius 1 is 0.469 bits per heavy atom. The van der Waals surface area contributed by atoms with Gasteiger partial charge in [-0.05, 0) is 97.4 Å². The Bertz CT molecular complexity index is 2770. The summed E-state index contributed by atoms with van der Waals surface area (Å²) in [5.74, 6) is 0. The highest BCUT2D eigenvalue weighted by molar-refractivity contribution is 6.23. The fraction of sp³-hybridized carbons (Fsp3) is 0.0638. The molecule has 232 valence electrons. The molecule has 0 fully saturated rings. The quantitative estimate of drug-likeness (QED) is 0.193. The van der Waals surface area contributed by atoms with Gasteiger partial charge in [-0.3, -0.25) is 0 Å². The van der Waals surface area contributed by atoms with E-state index in [0.29, 0.717) is 0 Å². The molecule has 0 bridgehead atoms. The summed E-state index contributed by atoms with van der Waals surface area (Å²) in [7, 11) is 0. The van der Waals surface area contributed by atoms with Gasteiger partial charge in [-0.15, -0.1) is 0 Å². The van der Waals surface area contributed by atoms with Gasteiger partial charge in [0, 0.05) is 27.6 Å². The third kappa shape index (κ3) is 4.20. The minimum atomic E-state index is -0.126. The molecule has 0 spiro atoms. The maximum Gasteiger partial charge on any atom is 0.160 e. The summed E-state index contributed by atoms with van der Waals surface area (Å²) in [6, 6.07) is 59.5. The molecule has 0 saturated carbocycles. The molecule has 1 aromatic heterocycles. The summed E-state index contributed by atoms with van der Waals surface area (Å²) in [5, 5.41) is 7.14. The molecule has 9 aromatic rings. The lowest BCUT2D eigenvalue weighted by atomic mass is 9.82. The average molecular weight is 628 g/mol. The number of hydrogen-bond donors (Lipinski definition) is 0. The Labute approximate surface area is 285 Å². The second kappa shape index (κ2) is 10.4. The first kappa shape index (κ1) is 27.9. The zero-order valence-corrected chi connectivity index (χ0v) is 27.4. The van der Waals surface area contributed by atoms with Gasteiger partial charge in [0.1, 0.15) is 5.58 Å². The highest BCUT2D eigenvalue weighted by Gasteiger charge is 2.36. The van der Waals surface area contributed by atoms with Gasteiger partial charge < -0.3 is 9.32 Å². The Morgan fingerprint density at radius 3 is 2.06 bits per heavy atom. The number of fused-ring (bicyclic) bond motifs is 9. The van der Waals surface area contributed by atoms with Crippen LogP contribution in [-0.2, 0) is 5.41 Å². The van der Waals surface area contributed by atoms with E-state index in [1.54, 1.807) is 0 Å². The minimum absolute atomic E-state index is 0.126. The first-order valence-electron chi connectivity index (χ1n) is 17.0. The summed E-state index contributed by atoms with van der Waals surface area (Å²) < 4.78 is 6.82. The SMILES string of the molecule is CC1(C)c2ccccc2-c2ccc(N(c3cccc(-c4ccc5ccccc5c4)c3)c3cc4ccccc4c4c3oc3ccccc34)cc21. The predicted molar refractivity (Wildman–Crippen MR) is 206 cm³/mol. The standard InChI is InChI=1S/C47H33NO/c1-47(2)41-20-9-7-18-38(41)39-25-24-36(29-42(39)47)48(35-16-11-15-32(27-35)33-23-22-30-12-3-4-13-31(30)26-33)43-28-34-14-5-6-17-37(34)45-40-19-8-10-21-44(40)49-46(43)45/h3-29H,1-2H3. The minimum Gasteiger partial charge on any atom is -0.454 e. The van der Waals surface area contributed by atoms with E-state index in [0.717, 1.165) is 39.0 Å². The number of rotatable bonds is 4. The molecule has 2 heteroatoms. The molecule has 2 nitrogen and oxygen atoms in total. The smallest absolute Gasteiger partial charge is 0.160 e. The molecule has 1 aliphatic rings. The summed E-state index contributed by atoms with van der Waals surface area (Å²) in [6.45, 7) is 4.69. The van der Waals surface area contributed by atoms with E-state index in [-0.39, 0.29) is 5.41 Å². The molecule has 0 saturated heterocycles. The molecule has 0 N–H and O–H groups in total. The van der Waals surface area contributed by atoms with Crippen LogP contribution in [0.1, 0.15) is 25.0 Å². The fourth-order valence-electron chi connectivity index (χ4n) is 8.17. The predicted octanol–water partition coefficient (Wildman–Crippen LogP) is 13.3. The Morgan fingerprint density at radius 2 is 1.16 bits per heavy atom. The van der Waals surface area contributed by atoms with Crippen molar-refractivity contribution in [3.8, 4) is 22.3 Å². The zero-order valence-electron chi connectivity index (χ0n) is 27.4. The van der Waals surface area contributed by atoms with E-state index >= 15 is 0 Å². The van der Waals surface area contributed by atoms with Gasteiger partial charge in [0.15, 0.2) is 5.58 Å². The first-order chi connectivity index (χ1) is 24.0. The molecular formula is C47H33NO. The number of anilines is 3. The normalized spacial score (nSPS) is 13.3. The number of para-hydroxylation sites is 1. The molecule has 0 atom stereocenters. The molecule has 0 amide bonds. The maximum absolute atomic E-state index is 6.82. The lowest BCUT2D eigenvalue weighted by Gasteiger charge is -2.29. The van der Waals surface area contributed by atoms with Crippen LogP contribution in [0.15, 0.2) is 168 Å². The van der Waals surface area contributed by atoms with Crippen LogP contribution in [0.25, 0.3) is 65.7 Å². The number of furan rings is 1. The molecule has 1 aliphatic carbocycles. The van der Waals surface area contributed by atoms with Gasteiger partial charge in [-0.1, -0.05) is 135 Å². The van der Waals surface area contributed by atoms with E-state index in [1.165, 1.54) is 54.9 Å². The molecule has 49 heavy (non-hydrogen) atoms. The van der Waals surface area contributed by atoms with E-state index in [2.05, 4.69) is 183 Å². The number of nitrogens with zero attached hydrogens (tertiary/aromatic N) is 1. The van der Waals surface area contributed by atoms with Crippen molar-refractivity contribution < 1.29 is 4.42 Å². The van der Waals surface area contributed by atoms with Crippen LogP contribution < -0.4 is 4.90 Å². The van der Waals surface area contributed by atoms with E-state index < -0.39 is 0 Å². The van der Waals surface area contributed by atoms with Crippen molar-refractivity contribution in [2.24, 2.45) is 0 Å². The first-order valence-corrected chi connectivity index (χ1v) is 17.0. The van der Waals surface area contributed by atoms with Crippen molar-refractivity contribution in [2.75, 3.05) is 4.90 Å². The average Bonchev–Trinajstić information content (AvgIpc) is 3.65. The second-order valence-electron chi connectivity index (χ2n) is 13.8. The number of hydrogen-bond acceptors (Lipinski definition) is 2. The van der Waals surface area contributed by atoms with Crippen LogP contribution in [-0.4, -0.2) is 0 Å². The largest absolute Gasteiger partial charge is 0.454 e.